The fourth-order valence-corrected chi connectivity index (χ4v) is 2.18. The summed E-state index contributed by atoms with van der Waals surface area (Å²) in [7, 11) is 0. The Labute approximate surface area is 118 Å². The van der Waals surface area contributed by atoms with Gasteiger partial charge in [0.15, 0.2) is 0 Å². The molecule has 0 saturated heterocycles. The molecule has 0 spiro atoms. The van der Waals surface area contributed by atoms with Crippen molar-refractivity contribution in [3.8, 4) is 0 Å². The summed E-state index contributed by atoms with van der Waals surface area (Å²) in [5, 5.41) is 0.668. The number of hydrogen-bond donors (Lipinski definition) is 1. The fraction of sp³-hybridized carbons (Fsp3) is 0.250. The largest absolute Gasteiger partial charge is 0.318 e. The Morgan fingerprint density at radius 1 is 1.00 bits per heavy atom. The molecule has 0 saturated carbocycles. The molecule has 1 nitrogen and oxygen atoms in total. The molecular formula is C16H17ClFN. The SMILES string of the molecule is Cc1ccc(C(C)(N)c2ccc(C)c(Cl)c2)cc1F. The molecule has 2 aromatic carbocycles. The van der Waals surface area contributed by atoms with E-state index in [0.29, 0.717) is 10.6 Å². The first kappa shape index (κ1) is 14.0. The molecule has 0 radical (unpaired) electrons. The van der Waals surface area contributed by atoms with Crippen molar-refractivity contribution in [1.82, 2.24) is 0 Å². The van der Waals surface area contributed by atoms with Crippen LogP contribution < -0.4 is 5.73 Å². The Morgan fingerprint density at radius 3 is 2.05 bits per heavy atom. The Kier molecular flexibility index (Phi) is 3.66. The Hall–Kier alpha value is -1.38. The second-order valence-electron chi connectivity index (χ2n) is 5.13. The van der Waals surface area contributed by atoms with Gasteiger partial charge in [0.25, 0.3) is 0 Å². The molecule has 0 aliphatic heterocycles. The fourth-order valence-electron chi connectivity index (χ4n) is 2.00. The number of nitrogens with two attached hydrogens (primary N) is 1. The minimum Gasteiger partial charge on any atom is -0.318 e. The van der Waals surface area contributed by atoms with Gasteiger partial charge in [0.05, 0.1) is 5.54 Å². The number of aryl methyl sites for hydroxylation is 2. The van der Waals surface area contributed by atoms with Crippen molar-refractivity contribution in [3.05, 3.63) is 69.5 Å². The average Bonchev–Trinajstić information content (AvgIpc) is 2.35. The molecule has 2 aromatic rings. The van der Waals surface area contributed by atoms with Gasteiger partial charge in [0, 0.05) is 5.02 Å². The monoisotopic (exact) mass is 277 g/mol. The van der Waals surface area contributed by atoms with Crippen molar-refractivity contribution in [2.45, 2.75) is 26.3 Å². The van der Waals surface area contributed by atoms with E-state index in [4.69, 9.17) is 17.3 Å². The van der Waals surface area contributed by atoms with Crippen molar-refractivity contribution >= 4 is 11.6 Å². The lowest BCUT2D eigenvalue weighted by Gasteiger charge is -2.26. The first-order valence-electron chi connectivity index (χ1n) is 6.14. The molecule has 0 aromatic heterocycles. The summed E-state index contributed by atoms with van der Waals surface area (Å²) in [5.41, 5.74) is 8.81. The first-order chi connectivity index (χ1) is 8.82. The van der Waals surface area contributed by atoms with Crippen LogP contribution in [-0.4, -0.2) is 0 Å². The maximum Gasteiger partial charge on any atom is 0.126 e. The zero-order valence-electron chi connectivity index (χ0n) is 11.3. The summed E-state index contributed by atoms with van der Waals surface area (Å²) < 4.78 is 13.7. The van der Waals surface area contributed by atoms with Gasteiger partial charge in [-0.1, -0.05) is 35.9 Å². The van der Waals surface area contributed by atoms with E-state index < -0.39 is 5.54 Å². The van der Waals surface area contributed by atoms with Gasteiger partial charge in [-0.2, -0.15) is 0 Å². The molecule has 0 bridgehead atoms. The lowest BCUT2D eigenvalue weighted by atomic mass is 9.85. The summed E-state index contributed by atoms with van der Waals surface area (Å²) in [6.07, 6.45) is 0. The summed E-state index contributed by atoms with van der Waals surface area (Å²) >= 11 is 6.13. The van der Waals surface area contributed by atoms with Crippen molar-refractivity contribution in [3.63, 3.8) is 0 Å². The lowest BCUT2D eigenvalue weighted by Crippen LogP contribution is -2.34. The van der Waals surface area contributed by atoms with E-state index in [1.807, 2.05) is 38.1 Å². The second-order valence-corrected chi connectivity index (χ2v) is 5.54. The highest BCUT2D eigenvalue weighted by atomic mass is 35.5. The minimum atomic E-state index is -0.772. The van der Waals surface area contributed by atoms with E-state index >= 15 is 0 Å². The average molecular weight is 278 g/mol. The van der Waals surface area contributed by atoms with Gasteiger partial charge in [-0.15, -0.1) is 0 Å². The molecular weight excluding hydrogens is 261 g/mol. The highest BCUT2D eigenvalue weighted by Gasteiger charge is 2.25. The van der Waals surface area contributed by atoms with E-state index in [0.717, 1.165) is 16.7 Å². The topological polar surface area (TPSA) is 26.0 Å². The van der Waals surface area contributed by atoms with Crippen LogP contribution in [-0.2, 0) is 5.54 Å². The maximum absolute atomic E-state index is 13.7. The molecule has 0 amide bonds. The smallest absolute Gasteiger partial charge is 0.126 e. The highest BCUT2D eigenvalue weighted by Crippen LogP contribution is 2.30. The van der Waals surface area contributed by atoms with Crippen LogP contribution in [0.2, 0.25) is 5.02 Å². The second kappa shape index (κ2) is 4.95. The predicted molar refractivity (Wildman–Crippen MR) is 78.0 cm³/mol. The van der Waals surface area contributed by atoms with Gasteiger partial charge >= 0.3 is 0 Å². The van der Waals surface area contributed by atoms with Crippen LogP contribution >= 0.6 is 11.6 Å². The number of hydrogen-bond acceptors (Lipinski definition) is 1. The molecule has 3 heteroatoms. The zero-order chi connectivity index (χ0) is 14.2. The van der Waals surface area contributed by atoms with Crippen molar-refractivity contribution in [1.29, 1.82) is 0 Å². The van der Waals surface area contributed by atoms with Crippen LogP contribution in [0, 0.1) is 19.7 Å². The molecule has 2 N–H and O–H groups in total. The van der Waals surface area contributed by atoms with Crippen LogP contribution in [0.25, 0.3) is 0 Å². The van der Waals surface area contributed by atoms with Crippen LogP contribution in [0.3, 0.4) is 0 Å². The number of rotatable bonds is 2. The molecule has 0 heterocycles. The molecule has 1 unspecified atom stereocenters. The molecule has 100 valence electrons. The summed E-state index contributed by atoms with van der Waals surface area (Å²) in [5.74, 6) is -0.243. The van der Waals surface area contributed by atoms with Gasteiger partial charge in [0.2, 0.25) is 0 Å². The predicted octanol–water partition coefficient (Wildman–Crippen LogP) is 4.32. The third-order valence-corrected chi connectivity index (χ3v) is 3.95. The molecule has 0 aliphatic carbocycles. The van der Waals surface area contributed by atoms with E-state index in [1.165, 1.54) is 6.07 Å². The molecule has 1 atom stereocenters. The third-order valence-electron chi connectivity index (χ3n) is 3.54. The van der Waals surface area contributed by atoms with Crippen molar-refractivity contribution < 1.29 is 4.39 Å². The summed E-state index contributed by atoms with van der Waals surface area (Å²) in [6.45, 7) is 5.53. The lowest BCUT2D eigenvalue weighted by molar-refractivity contribution is 0.577. The summed E-state index contributed by atoms with van der Waals surface area (Å²) in [4.78, 5) is 0. The third kappa shape index (κ3) is 2.65. The Bertz CT molecular complexity index is 567. The molecule has 0 fully saturated rings. The molecule has 0 aliphatic rings. The van der Waals surface area contributed by atoms with E-state index in [-0.39, 0.29) is 5.82 Å². The number of benzene rings is 2. The Balaban J connectivity index is 2.51. The van der Waals surface area contributed by atoms with Gasteiger partial charge in [0.1, 0.15) is 5.82 Å². The van der Waals surface area contributed by atoms with Gasteiger partial charge < -0.3 is 5.73 Å². The van der Waals surface area contributed by atoms with Crippen molar-refractivity contribution in [2.75, 3.05) is 0 Å². The maximum atomic E-state index is 13.7. The van der Waals surface area contributed by atoms with Gasteiger partial charge in [-0.25, -0.2) is 4.39 Å². The zero-order valence-corrected chi connectivity index (χ0v) is 12.1. The summed E-state index contributed by atoms with van der Waals surface area (Å²) in [6, 6.07) is 10.8. The van der Waals surface area contributed by atoms with E-state index in [9.17, 15) is 4.39 Å². The minimum absolute atomic E-state index is 0.243. The van der Waals surface area contributed by atoms with E-state index in [1.54, 1.807) is 13.0 Å². The quantitative estimate of drug-likeness (QED) is 0.869. The van der Waals surface area contributed by atoms with Gasteiger partial charge in [-0.3, -0.25) is 0 Å². The van der Waals surface area contributed by atoms with Crippen LogP contribution in [0.1, 0.15) is 29.2 Å². The standard InChI is InChI=1S/C16H17ClFN/c1-10-4-6-12(8-14(10)17)16(3,19)13-7-5-11(2)15(18)9-13/h4-9H,19H2,1-3H3. The first-order valence-corrected chi connectivity index (χ1v) is 6.52. The van der Waals surface area contributed by atoms with Gasteiger partial charge in [-0.05, 0) is 55.2 Å². The van der Waals surface area contributed by atoms with Crippen LogP contribution in [0.15, 0.2) is 36.4 Å². The van der Waals surface area contributed by atoms with Crippen molar-refractivity contribution in [2.24, 2.45) is 5.73 Å². The number of halogens is 2. The van der Waals surface area contributed by atoms with E-state index in [2.05, 4.69) is 0 Å². The Morgan fingerprint density at radius 2 is 1.53 bits per heavy atom. The van der Waals surface area contributed by atoms with Crippen LogP contribution in [0.5, 0.6) is 0 Å². The van der Waals surface area contributed by atoms with Crippen LogP contribution in [0.4, 0.5) is 4.39 Å². The molecule has 2 rings (SSSR count). The molecule has 19 heavy (non-hydrogen) atoms. The highest BCUT2D eigenvalue weighted by molar-refractivity contribution is 6.31. The normalized spacial score (nSPS) is 14.2.